The Kier molecular flexibility index (Phi) is 4.29. The molecule has 0 saturated carbocycles. The van der Waals surface area contributed by atoms with Crippen molar-refractivity contribution in [3.8, 4) is 0 Å². The summed E-state index contributed by atoms with van der Waals surface area (Å²) >= 11 is 0. The van der Waals surface area contributed by atoms with E-state index < -0.39 is 0 Å². The summed E-state index contributed by atoms with van der Waals surface area (Å²) in [6.45, 7) is 0. The molecule has 0 saturated heterocycles. The van der Waals surface area contributed by atoms with E-state index >= 15 is 0 Å². The van der Waals surface area contributed by atoms with Crippen molar-refractivity contribution < 1.29 is 9.63 Å². The van der Waals surface area contributed by atoms with Gasteiger partial charge in [-0.3, -0.25) is 9.78 Å². The molecule has 114 valence electrons. The number of nitrogens with one attached hydrogen (secondary N) is 1. The van der Waals surface area contributed by atoms with Crippen molar-refractivity contribution in [2.45, 2.75) is 0 Å². The number of carbonyl (C=O) groups excluding carboxylic acids is 1. The molecule has 5 nitrogen and oxygen atoms in total. The lowest BCUT2D eigenvalue weighted by atomic mass is 10.1. The van der Waals surface area contributed by atoms with Gasteiger partial charge in [-0.2, -0.15) is 0 Å². The molecule has 23 heavy (non-hydrogen) atoms. The van der Waals surface area contributed by atoms with Crippen LogP contribution in [0.15, 0.2) is 65.9 Å². The predicted molar refractivity (Wildman–Crippen MR) is 90.7 cm³/mol. The third-order valence-electron chi connectivity index (χ3n) is 3.36. The lowest BCUT2D eigenvalue weighted by Gasteiger charge is -2.08. The van der Waals surface area contributed by atoms with E-state index in [9.17, 15) is 4.79 Å². The highest BCUT2D eigenvalue weighted by atomic mass is 16.6. The molecule has 0 aliphatic heterocycles. The van der Waals surface area contributed by atoms with Crippen molar-refractivity contribution in [2.75, 3.05) is 12.4 Å². The number of rotatable bonds is 4. The number of pyridine rings is 1. The minimum absolute atomic E-state index is 0.182. The molecule has 3 rings (SSSR count). The van der Waals surface area contributed by atoms with Crippen LogP contribution in [0.1, 0.15) is 15.9 Å². The Balaban J connectivity index is 1.82. The molecule has 0 unspecified atom stereocenters. The Labute approximate surface area is 133 Å². The Morgan fingerprint density at radius 2 is 1.91 bits per heavy atom. The van der Waals surface area contributed by atoms with E-state index in [0.717, 1.165) is 16.5 Å². The topological polar surface area (TPSA) is 63.6 Å². The van der Waals surface area contributed by atoms with Crippen LogP contribution in [0.25, 0.3) is 10.9 Å². The normalized spacial score (nSPS) is 10.8. The number of benzene rings is 2. The fraction of sp³-hybridized carbons (Fsp3) is 0.0556. The van der Waals surface area contributed by atoms with Gasteiger partial charge in [-0.1, -0.05) is 35.5 Å². The molecule has 0 atom stereocenters. The van der Waals surface area contributed by atoms with E-state index in [-0.39, 0.29) is 5.91 Å². The fourth-order valence-corrected chi connectivity index (χ4v) is 2.23. The van der Waals surface area contributed by atoms with E-state index in [0.29, 0.717) is 11.3 Å². The van der Waals surface area contributed by atoms with Crippen molar-refractivity contribution in [2.24, 2.45) is 5.16 Å². The number of anilines is 1. The van der Waals surface area contributed by atoms with Gasteiger partial charge in [0.1, 0.15) is 7.11 Å². The first kappa shape index (κ1) is 14.7. The summed E-state index contributed by atoms with van der Waals surface area (Å²) in [5.41, 5.74) is 2.88. The molecule has 0 bridgehead atoms. The quantitative estimate of drug-likeness (QED) is 0.593. The Bertz CT molecular complexity index is 852. The number of oxime groups is 1. The highest BCUT2D eigenvalue weighted by molar-refractivity contribution is 6.08. The summed E-state index contributed by atoms with van der Waals surface area (Å²) < 4.78 is 0. The van der Waals surface area contributed by atoms with Crippen LogP contribution in [0.5, 0.6) is 0 Å². The number of fused-ring (bicyclic) bond motifs is 1. The molecule has 3 aromatic rings. The first-order valence-electron chi connectivity index (χ1n) is 7.09. The van der Waals surface area contributed by atoms with Gasteiger partial charge in [-0.15, -0.1) is 0 Å². The number of para-hydroxylation sites is 1. The Morgan fingerprint density at radius 1 is 1.13 bits per heavy atom. The third kappa shape index (κ3) is 3.35. The van der Waals surface area contributed by atoms with Gasteiger partial charge in [-0.25, -0.2) is 0 Å². The second kappa shape index (κ2) is 6.70. The summed E-state index contributed by atoms with van der Waals surface area (Å²) in [5, 5.41) is 7.57. The Morgan fingerprint density at radius 3 is 2.70 bits per heavy atom. The molecule has 0 fully saturated rings. The monoisotopic (exact) mass is 305 g/mol. The average Bonchev–Trinajstić information content (AvgIpc) is 2.60. The van der Waals surface area contributed by atoms with Gasteiger partial charge in [0.05, 0.1) is 17.4 Å². The molecular weight excluding hydrogens is 290 g/mol. The van der Waals surface area contributed by atoms with Crippen molar-refractivity contribution in [3.63, 3.8) is 0 Å². The maximum absolute atomic E-state index is 12.4. The summed E-state index contributed by atoms with van der Waals surface area (Å²) in [6, 6.07) is 16.6. The standard InChI is InChI=1S/C18H15N3O2/c1-23-20-12-13-7-9-15(10-8-13)18(22)21-16-6-2-4-14-5-3-11-19-17(14)16/h2-12H,1H3,(H,21,22)/b20-12+. The minimum atomic E-state index is -0.182. The fourth-order valence-electron chi connectivity index (χ4n) is 2.23. The molecule has 0 aliphatic rings. The van der Waals surface area contributed by atoms with Crippen molar-refractivity contribution in [3.05, 3.63) is 71.9 Å². The van der Waals surface area contributed by atoms with Gasteiger partial charge in [-0.05, 0) is 29.8 Å². The smallest absolute Gasteiger partial charge is 0.255 e. The molecule has 1 heterocycles. The maximum atomic E-state index is 12.4. The number of hydrogen-bond donors (Lipinski definition) is 1. The van der Waals surface area contributed by atoms with Gasteiger partial charge in [0.25, 0.3) is 5.91 Å². The van der Waals surface area contributed by atoms with E-state index in [4.69, 9.17) is 0 Å². The van der Waals surface area contributed by atoms with Crippen LogP contribution in [-0.2, 0) is 4.84 Å². The summed E-state index contributed by atoms with van der Waals surface area (Å²) in [4.78, 5) is 21.3. The molecule has 0 aliphatic carbocycles. The number of aromatic nitrogens is 1. The molecule has 0 spiro atoms. The van der Waals surface area contributed by atoms with Crippen LogP contribution < -0.4 is 5.32 Å². The van der Waals surface area contributed by atoms with Crippen molar-refractivity contribution in [1.29, 1.82) is 0 Å². The largest absolute Gasteiger partial charge is 0.399 e. The average molecular weight is 305 g/mol. The van der Waals surface area contributed by atoms with Gasteiger partial charge < -0.3 is 10.2 Å². The highest BCUT2D eigenvalue weighted by Gasteiger charge is 2.08. The number of carbonyl (C=O) groups is 1. The zero-order valence-electron chi connectivity index (χ0n) is 12.6. The van der Waals surface area contributed by atoms with E-state index in [1.165, 1.54) is 7.11 Å². The van der Waals surface area contributed by atoms with Crippen LogP contribution in [0.3, 0.4) is 0 Å². The number of nitrogens with zero attached hydrogens (tertiary/aromatic N) is 2. The van der Waals surface area contributed by atoms with Crippen LogP contribution in [0.4, 0.5) is 5.69 Å². The first-order chi connectivity index (χ1) is 11.3. The Hall–Kier alpha value is -3.21. The highest BCUT2D eigenvalue weighted by Crippen LogP contribution is 2.21. The van der Waals surface area contributed by atoms with E-state index in [1.807, 2.05) is 30.3 Å². The van der Waals surface area contributed by atoms with Gasteiger partial charge in [0.15, 0.2) is 0 Å². The number of amides is 1. The van der Waals surface area contributed by atoms with Crippen LogP contribution in [-0.4, -0.2) is 24.2 Å². The van der Waals surface area contributed by atoms with E-state index in [2.05, 4.69) is 20.3 Å². The van der Waals surface area contributed by atoms with E-state index in [1.54, 1.807) is 36.7 Å². The molecule has 1 N–H and O–H groups in total. The zero-order chi connectivity index (χ0) is 16.1. The molecular formula is C18H15N3O2. The van der Waals surface area contributed by atoms with Gasteiger partial charge in [0, 0.05) is 17.1 Å². The van der Waals surface area contributed by atoms with Crippen LogP contribution in [0, 0.1) is 0 Å². The summed E-state index contributed by atoms with van der Waals surface area (Å²) in [7, 11) is 1.48. The zero-order valence-corrected chi connectivity index (χ0v) is 12.6. The molecule has 0 radical (unpaired) electrons. The van der Waals surface area contributed by atoms with Crippen LogP contribution in [0.2, 0.25) is 0 Å². The third-order valence-corrected chi connectivity index (χ3v) is 3.36. The minimum Gasteiger partial charge on any atom is -0.399 e. The summed E-state index contributed by atoms with van der Waals surface area (Å²) in [6.07, 6.45) is 3.29. The lowest BCUT2D eigenvalue weighted by molar-refractivity contribution is 0.102. The van der Waals surface area contributed by atoms with Crippen molar-refractivity contribution in [1.82, 2.24) is 4.98 Å². The predicted octanol–water partition coefficient (Wildman–Crippen LogP) is 3.47. The second-order valence-corrected chi connectivity index (χ2v) is 4.87. The molecule has 5 heteroatoms. The SMILES string of the molecule is CO/N=C/c1ccc(C(=O)Nc2cccc3cccnc23)cc1. The lowest BCUT2D eigenvalue weighted by Crippen LogP contribution is -2.12. The second-order valence-electron chi connectivity index (χ2n) is 4.87. The number of hydrogen-bond acceptors (Lipinski definition) is 4. The van der Waals surface area contributed by atoms with Gasteiger partial charge >= 0.3 is 0 Å². The summed E-state index contributed by atoms with van der Waals surface area (Å²) in [5.74, 6) is -0.182. The van der Waals surface area contributed by atoms with Gasteiger partial charge in [0.2, 0.25) is 0 Å². The molecule has 2 aromatic carbocycles. The molecule has 1 amide bonds. The molecule has 1 aromatic heterocycles. The van der Waals surface area contributed by atoms with Crippen LogP contribution >= 0.6 is 0 Å². The maximum Gasteiger partial charge on any atom is 0.255 e. The first-order valence-corrected chi connectivity index (χ1v) is 7.09. The van der Waals surface area contributed by atoms with Crippen molar-refractivity contribution >= 4 is 28.7 Å².